The van der Waals surface area contributed by atoms with E-state index in [-0.39, 0.29) is 5.69 Å². The topological polar surface area (TPSA) is 91.4 Å². The molecule has 0 fully saturated rings. The van der Waals surface area contributed by atoms with Gasteiger partial charge in [0.1, 0.15) is 5.69 Å². The third-order valence-corrected chi connectivity index (χ3v) is 6.32. The van der Waals surface area contributed by atoms with Crippen molar-refractivity contribution in [2.75, 3.05) is 19.4 Å². The lowest BCUT2D eigenvalue weighted by Crippen LogP contribution is -2.39. The van der Waals surface area contributed by atoms with E-state index in [2.05, 4.69) is 22.4 Å². The summed E-state index contributed by atoms with van der Waals surface area (Å²) in [6.07, 6.45) is 3.25. The number of hydrogen-bond acceptors (Lipinski definition) is 6. The van der Waals surface area contributed by atoms with Crippen molar-refractivity contribution in [3.05, 3.63) is 39.9 Å². The Morgan fingerprint density at radius 2 is 2.04 bits per heavy atom. The predicted molar refractivity (Wildman–Crippen MR) is 98.7 cm³/mol. The van der Waals surface area contributed by atoms with E-state index in [0.717, 1.165) is 34.8 Å². The summed E-state index contributed by atoms with van der Waals surface area (Å²) >= 11 is 1.27. The van der Waals surface area contributed by atoms with Crippen LogP contribution in [0.1, 0.15) is 33.6 Å². The van der Waals surface area contributed by atoms with E-state index < -0.39 is 16.1 Å². The van der Waals surface area contributed by atoms with Crippen LogP contribution in [0.25, 0.3) is 0 Å². The van der Waals surface area contributed by atoms with Crippen molar-refractivity contribution < 1.29 is 13.2 Å². The number of carbonyl (C=O) groups is 1. The molecule has 1 aromatic carbocycles. The summed E-state index contributed by atoms with van der Waals surface area (Å²) in [4.78, 5) is 16.3. The number of rotatable bonds is 5. The number of nitrogens with one attached hydrogen (secondary N) is 2. The lowest BCUT2D eigenvalue weighted by molar-refractivity contribution is 0.0975. The van der Waals surface area contributed by atoms with Crippen LogP contribution in [0, 0.1) is 6.92 Å². The SMILES string of the molecule is Cc1ccc2c(c1Nc1nc(C(=O)NS(=O)(=O)N(C)C)cs1)CCC2. The van der Waals surface area contributed by atoms with Gasteiger partial charge in [-0.05, 0) is 42.9 Å². The molecule has 1 aliphatic carbocycles. The molecule has 7 nitrogen and oxygen atoms in total. The highest BCUT2D eigenvalue weighted by atomic mass is 32.2. The molecular formula is C16H20N4O3S2. The van der Waals surface area contributed by atoms with Gasteiger partial charge in [-0.2, -0.15) is 12.7 Å². The first-order valence-electron chi connectivity index (χ1n) is 7.86. The van der Waals surface area contributed by atoms with Crippen LogP contribution in [-0.2, 0) is 23.1 Å². The predicted octanol–water partition coefficient (Wildman–Crippen LogP) is 2.22. The summed E-state index contributed by atoms with van der Waals surface area (Å²) < 4.78 is 26.4. The van der Waals surface area contributed by atoms with Crippen molar-refractivity contribution in [3.8, 4) is 0 Å². The van der Waals surface area contributed by atoms with Gasteiger partial charge in [-0.15, -0.1) is 11.3 Å². The lowest BCUT2D eigenvalue weighted by atomic mass is 10.0. The molecule has 0 spiro atoms. The molecule has 134 valence electrons. The van der Waals surface area contributed by atoms with Crippen molar-refractivity contribution in [1.82, 2.24) is 14.0 Å². The maximum Gasteiger partial charge on any atom is 0.303 e. The average molecular weight is 380 g/mol. The van der Waals surface area contributed by atoms with Crippen molar-refractivity contribution in [2.45, 2.75) is 26.2 Å². The van der Waals surface area contributed by atoms with Gasteiger partial charge in [0.05, 0.1) is 0 Å². The number of benzene rings is 1. The summed E-state index contributed by atoms with van der Waals surface area (Å²) in [5.41, 5.74) is 4.88. The van der Waals surface area contributed by atoms with E-state index in [4.69, 9.17) is 0 Å². The molecule has 0 radical (unpaired) electrons. The summed E-state index contributed by atoms with van der Waals surface area (Å²) in [5.74, 6) is -0.743. The van der Waals surface area contributed by atoms with Gasteiger partial charge in [0.2, 0.25) is 0 Å². The smallest absolute Gasteiger partial charge is 0.303 e. The number of anilines is 2. The molecule has 0 saturated heterocycles. The van der Waals surface area contributed by atoms with Crippen molar-refractivity contribution in [3.63, 3.8) is 0 Å². The van der Waals surface area contributed by atoms with Crippen LogP contribution in [0.5, 0.6) is 0 Å². The van der Waals surface area contributed by atoms with E-state index in [1.165, 1.54) is 36.6 Å². The first-order chi connectivity index (χ1) is 11.8. The van der Waals surface area contributed by atoms with Crippen LogP contribution in [0.4, 0.5) is 10.8 Å². The third-order valence-electron chi connectivity index (χ3n) is 4.16. The van der Waals surface area contributed by atoms with E-state index in [1.54, 1.807) is 5.38 Å². The van der Waals surface area contributed by atoms with Crippen LogP contribution in [0.15, 0.2) is 17.5 Å². The van der Waals surface area contributed by atoms with Crippen molar-refractivity contribution >= 4 is 38.3 Å². The molecule has 1 aliphatic rings. The fraction of sp³-hybridized carbons (Fsp3) is 0.375. The zero-order valence-corrected chi connectivity index (χ0v) is 15.9. The van der Waals surface area contributed by atoms with Crippen LogP contribution < -0.4 is 10.0 Å². The molecule has 0 saturated carbocycles. The second kappa shape index (κ2) is 6.74. The summed E-state index contributed by atoms with van der Waals surface area (Å²) in [7, 11) is -1.13. The van der Waals surface area contributed by atoms with Crippen LogP contribution >= 0.6 is 11.3 Å². The van der Waals surface area contributed by atoms with Gasteiger partial charge in [-0.25, -0.2) is 9.71 Å². The van der Waals surface area contributed by atoms with Crippen LogP contribution in [0.2, 0.25) is 0 Å². The molecule has 3 rings (SSSR count). The number of hydrogen-bond donors (Lipinski definition) is 2. The number of amides is 1. The average Bonchev–Trinajstić information content (AvgIpc) is 3.18. The molecule has 1 aromatic heterocycles. The second-order valence-corrected chi connectivity index (χ2v) is 8.87. The molecule has 2 N–H and O–H groups in total. The van der Waals surface area contributed by atoms with Gasteiger partial charge in [0, 0.05) is 25.2 Å². The Hall–Kier alpha value is -1.97. The maximum absolute atomic E-state index is 12.1. The summed E-state index contributed by atoms with van der Waals surface area (Å²) in [6.45, 7) is 2.03. The fourth-order valence-corrected chi connectivity index (χ4v) is 3.98. The van der Waals surface area contributed by atoms with Gasteiger partial charge < -0.3 is 5.32 Å². The summed E-state index contributed by atoms with van der Waals surface area (Å²) in [5, 5.41) is 5.41. The van der Waals surface area contributed by atoms with Crippen molar-refractivity contribution in [2.24, 2.45) is 0 Å². The normalized spacial score (nSPS) is 13.8. The Bertz CT molecular complexity index is 919. The Kier molecular flexibility index (Phi) is 4.81. The molecule has 0 bridgehead atoms. The quantitative estimate of drug-likeness (QED) is 0.830. The monoisotopic (exact) mass is 380 g/mol. The molecule has 2 aromatic rings. The first-order valence-corrected chi connectivity index (χ1v) is 10.2. The van der Waals surface area contributed by atoms with Crippen LogP contribution in [-0.4, -0.2) is 37.7 Å². The maximum atomic E-state index is 12.1. The Labute approximate surface area is 151 Å². The van der Waals surface area contributed by atoms with E-state index in [0.29, 0.717) is 5.13 Å². The largest absolute Gasteiger partial charge is 0.331 e. The van der Waals surface area contributed by atoms with Gasteiger partial charge >= 0.3 is 10.2 Å². The number of aryl methyl sites for hydroxylation is 2. The summed E-state index contributed by atoms with van der Waals surface area (Å²) in [6, 6.07) is 4.24. The minimum absolute atomic E-state index is 0.0724. The molecule has 0 atom stereocenters. The Morgan fingerprint density at radius 3 is 2.76 bits per heavy atom. The lowest BCUT2D eigenvalue weighted by Gasteiger charge is -2.13. The first kappa shape index (κ1) is 17.8. The third kappa shape index (κ3) is 3.68. The number of nitrogens with zero attached hydrogens (tertiary/aromatic N) is 2. The zero-order valence-electron chi connectivity index (χ0n) is 14.3. The molecule has 9 heteroatoms. The van der Waals surface area contributed by atoms with Gasteiger partial charge in [-0.1, -0.05) is 12.1 Å². The van der Waals surface area contributed by atoms with Crippen LogP contribution in [0.3, 0.4) is 0 Å². The van der Waals surface area contributed by atoms with Gasteiger partial charge in [0.25, 0.3) is 5.91 Å². The van der Waals surface area contributed by atoms with Gasteiger partial charge in [0.15, 0.2) is 5.13 Å². The molecule has 0 aliphatic heterocycles. The number of carbonyl (C=O) groups excluding carboxylic acids is 1. The number of aromatic nitrogens is 1. The number of thiazole rings is 1. The highest BCUT2D eigenvalue weighted by Gasteiger charge is 2.21. The Morgan fingerprint density at radius 1 is 1.28 bits per heavy atom. The minimum atomic E-state index is -3.83. The minimum Gasteiger partial charge on any atom is -0.331 e. The second-order valence-electron chi connectivity index (χ2n) is 6.13. The van der Waals surface area contributed by atoms with E-state index in [9.17, 15) is 13.2 Å². The molecule has 25 heavy (non-hydrogen) atoms. The van der Waals surface area contributed by atoms with Crippen molar-refractivity contribution in [1.29, 1.82) is 0 Å². The van der Waals surface area contributed by atoms with E-state index in [1.807, 2.05) is 11.6 Å². The highest BCUT2D eigenvalue weighted by molar-refractivity contribution is 7.87. The Balaban J connectivity index is 1.79. The zero-order chi connectivity index (χ0) is 18.2. The fourth-order valence-electron chi connectivity index (χ4n) is 2.76. The molecule has 1 amide bonds. The molecule has 0 unspecified atom stereocenters. The molecule has 1 heterocycles. The van der Waals surface area contributed by atoms with E-state index >= 15 is 0 Å². The molecular weight excluding hydrogens is 360 g/mol. The van der Waals surface area contributed by atoms with Gasteiger partial charge in [-0.3, -0.25) is 4.79 Å². The number of fused-ring (bicyclic) bond motifs is 1. The standard InChI is InChI=1S/C16H20N4O3S2/c1-10-7-8-11-5-4-6-12(11)14(10)18-16-17-13(9-24-16)15(21)19-25(22,23)20(2)3/h7-9H,4-6H2,1-3H3,(H,17,18)(H,19,21). The highest BCUT2D eigenvalue weighted by Crippen LogP contribution is 2.34.